The number of rotatable bonds is 5. The van der Waals surface area contributed by atoms with Crippen LogP contribution in [-0.2, 0) is 14.8 Å². The Kier molecular flexibility index (Phi) is 4.64. The molecule has 2 aromatic rings. The molecule has 2 aromatic carbocycles. The third-order valence-corrected chi connectivity index (χ3v) is 5.57. The molecule has 1 heterocycles. The number of nitro groups is 1. The van der Waals surface area contributed by atoms with Crippen LogP contribution >= 0.6 is 0 Å². The van der Waals surface area contributed by atoms with Crippen molar-refractivity contribution < 1.29 is 18.1 Å². The largest absolute Gasteiger partial charge is 0.312 e. The van der Waals surface area contributed by atoms with Crippen molar-refractivity contribution in [1.82, 2.24) is 0 Å². The second kappa shape index (κ2) is 6.75. The second-order valence-electron chi connectivity index (χ2n) is 6.01. The highest BCUT2D eigenvalue weighted by Crippen LogP contribution is 2.28. The predicted octanol–water partition coefficient (Wildman–Crippen LogP) is 2.83. The standard InChI is InChI=1S/C17H17N3O5S/c1-12-11-13(4-9-16(12)19-10-2-3-17(19)21)18-26(24,25)15-7-5-14(6-8-15)20(22)23/h4-9,11,18H,2-3,10H2,1H3. The van der Waals surface area contributed by atoms with Crippen molar-refractivity contribution in [3.05, 3.63) is 58.1 Å². The quantitative estimate of drug-likeness (QED) is 0.638. The number of anilines is 2. The van der Waals surface area contributed by atoms with Gasteiger partial charge in [-0.15, -0.1) is 0 Å². The van der Waals surface area contributed by atoms with Crippen LogP contribution in [0.15, 0.2) is 47.4 Å². The summed E-state index contributed by atoms with van der Waals surface area (Å²) < 4.78 is 27.3. The number of aryl methyl sites for hydroxylation is 1. The van der Waals surface area contributed by atoms with Gasteiger partial charge in [-0.3, -0.25) is 19.6 Å². The zero-order valence-electron chi connectivity index (χ0n) is 14.0. The Labute approximate surface area is 150 Å². The fourth-order valence-corrected chi connectivity index (χ4v) is 3.94. The van der Waals surface area contributed by atoms with Crippen molar-refractivity contribution in [2.75, 3.05) is 16.2 Å². The highest BCUT2D eigenvalue weighted by Gasteiger charge is 2.23. The molecule has 9 heteroatoms. The highest BCUT2D eigenvalue weighted by molar-refractivity contribution is 7.92. The van der Waals surface area contributed by atoms with Crippen molar-refractivity contribution in [2.24, 2.45) is 0 Å². The van der Waals surface area contributed by atoms with Gasteiger partial charge in [0.2, 0.25) is 5.91 Å². The van der Waals surface area contributed by atoms with E-state index in [2.05, 4.69) is 4.72 Å². The van der Waals surface area contributed by atoms with E-state index in [0.717, 1.165) is 29.8 Å². The Bertz CT molecular complexity index is 970. The first-order chi connectivity index (χ1) is 12.3. The van der Waals surface area contributed by atoms with Crippen LogP contribution in [0.5, 0.6) is 0 Å². The van der Waals surface area contributed by atoms with Crippen LogP contribution in [0.1, 0.15) is 18.4 Å². The number of amides is 1. The van der Waals surface area contributed by atoms with E-state index < -0.39 is 14.9 Å². The number of carbonyl (C=O) groups excluding carboxylic acids is 1. The smallest absolute Gasteiger partial charge is 0.269 e. The summed E-state index contributed by atoms with van der Waals surface area (Å²) in [6.07, 6.45) is 1.33. The Morgan fingerprint density at radius 3 is 2.38 bits per heavy atom. The summed E-state index contributed by atoms with van der Waals surface area (Å²) in [4.78, 5) is 23.6. The van der Waals surface area contributed by atoms with Gasteiger partial charge in [-0.1, -0.05) is 0 Å². The molecule has 1 N–H and O–H groups in total. The molecule has 3 rings (SSSR count). The molecule has 26 heavy (non-hydrogen) atoms. The molecular weight excluding hydrogens is 358 g/mol. The lowest BCUT2D eigenvalue weighted by molar-refractivity contribution is -0.384. The maximum Gasteiger partial charge on any atom is 0.269 e. The molecule has 1 saturated heterocycles. The van der Waals surface area contributed by atoms with Crippen LogP contribution < -0.4 is 9.62 Å². The molecule has 136 valence electrons. The SMILES string of the molecule is Cc1cc(NS(=O)(=O)c2ccc([N+](=O)[O-])cc2)ccc1N1CCCC1=O. The zero-order valence-corrected chi connectivity index (χ0v) is 14.8. The summed E-state index contributed by atoms with van der Waals surface area (Å²) in [7, 11) is -3.87. The zero-order chi connectivity index (χ0) is 18.9. The summed E-state index contributed by atoms with van der Waals surface area (Å²) in [5.74, 6) is 0.0623. The number of hydrogen-bond donors (Lipinski definition) is 1. The van der Waals surface area contributed by atoms with Crippen molar-refractivity contribution >= 4 is 33.0 Å². The highest BCUT2D eigenvalue weighted by atomic mass is 32.2. The fourth-order valence-electron chi connectivity index (χ4n) is 2.89. The van der Waals surface area contributed by atoms with Gasteiger partial charge in [0.15, 0.2) is 0 Å². The van der Waals surface area contributed by atoms with Crippen LogP contribution in [0.3, 0.4) is 0 Å². The maximum atomic E-state index is 12.4. The van der Waals surface area contributed by atoms with Gasteiger partial charge < -0.3 is 4.90 Å². The molecule has 8 nitrogen and oxygen atoms in total. The summed E-state index contributed by atoms with van der Waals surface area (Å²) in [5.41, 5.74) is 1.73. The lowest BCUT2D eigenvalue weighted by atomic mass is 10.1. The molecule has 0 aliphatic carbocycles. The maximum absolute atomic E-state index is 12.4. The van der Waals surface area contributed by atoms with Crippen LogP contribution in [0.2, 0.25) is 0 Å². The number of benzene rings is 2. The summed E-state index contributed by atoms with van der Waals surface area (Å²) >= 11 is 0. The van der Waals surface area contributed by atoms with Gasteiger partial charge in [0, 0.05) is 36.5 Å². The van der Waals surface area contributed by atoms with Gasteiger partial charge in [-0.2, -0.15) is 0 Å². The molecule has 0 spiro atoms. The minimum atomic E-state index is -3.87. The fraction of sp³-hybridized carbons (Fsp3) is 0.235. The Balaban J connectivity index is 1.82. The molecule has 0 atom stereocenters. The van der Waals surface area contributed by atoms with E-state index in [-0.39, 0.29) is 16.5 Å². The number of sulfonamides is 1. The minimum absolute atomic E-state index is 0.0623. The van der Waals surface area contributed by atoms with Crippen molar-refractivity contribution in [2.45, 2.75) is 24.7 Å². The number of nitrogens with zero attached hydrogens (tertiary/aromatic N) is 2. The van der Waals surface area contributed by atoms with Gasteiger partial charge >= 0.3 is 0 Å². The number of non-ortho nitro benzene ring substituents is 1. The van der Waals surface area contributed by atoms with E-state index in [1.165, 1.54) is 12.1 Å². The Morgan fingerprint density at radius 1 is 1.15 bits per heavy atom. The van der Waals surface area contributed by atoms with Crippen LogP contribution in [0.25, 0.3) is 0 Å². The van der Waals surface area contributed by atoms with Crippen molar-refractivity contribution in [3.63, 3.8) is 0 Å². The van der Waals surface area contributed by atoms with Gasteiger partial charge in [0.1, 0.15) is 0 Å². The molecular formula is C17H17N3O5S. The molecule has 1 aliphatic rings. The van der Waals surface area contributed by atoms with Gasteiger partial charge in [-0.25, -0.2) is 8.42 Å². The first-order valence-electron chi connectivity index (χ1n) is 7.96. The van der Waals surface area contributed by atoms with E-state index in [1.807, 2.05) is 6.92 Å². The third-order valence-electron chi connectivity index (χ3n) is 4.17. The first-order valence-corrected chi connectivity index (χ1v) is 9.44. The topological polar surface area (TPSA) is 110 Å². The molecule has 1 amide bonds. The van der Waals surface area contributed by atoms with Gasteiger partial charge in [0.25, 0.3) is 15.7 Å². The average molecular weight is 375 g/mol. The summed E-state index contributed by atoms with van der Waals surface area (Å²) in [5, 5.41) is 10.7. The second-order valence-corrected chi connectivity index (χ2v) is 7.69. The van der Waals surface area contributed by atoms with Gasteiger partial charge in [-0.05, 0) is 49.2 Å². The first kappa shape index (κ1) is 17.9. The van der Waals surface area contributed by atoms with E-state index in [9.17, 15) is 23.3 Å². The molecule has 0 radical (unpaired) electrons. The lowest BCUT2D eigenvalue weighted by Crippen LogP contribution is -2.24. The van der Waals surface area contributed by atoms with Crippen LogP contribution in [0.4, 0.5) is 17.1 Å². The van der Waals surface area contributed by atoms with E-state index >= 15 is 0 Å². The average Bonchev–Trinajstić information content (AvgIpc) is 3.00. The van der Waals surface area contributed by atoms with Gasteiger partial charge in [0.05, 0.1) is 9.82 Å². The monoisotopic (exact) mass is 375 g/mol. The number of nitrogens with one attached hydrogen (secondary N) is 1. The Morgan fingerprint density at radius 2 is 1.85 bits per heavy atom. The molecule has 0 aromatic heterocycles. The van der Waals surface area contributed by atoms with Crippen LogP contribution in [-0.4, -0.2) is 25.8 Å². The van der Waals surface area contributed by atoms with Crippen molar-refractivity contribution in [3.8, 4) is 0 Å². The van der Waals surface area contributed by atoms with Crippen molar-refractivity contribution in [1.29, 1.82) is 0 Å². The summed E-state index contributed by atoms with van der Waals surface area (Å²) in [6, 6.07) is 9.62. The van der Waals surface area contributed by atoms with E-state index in [4.69, 9.17) is 0 Å². The normalized spacial score (nSPS) is 14.5. The molecule has 0 saturated carbocycles. The van der Waals surface area contributed by atoms with E-state index in [1.54, 1.807) is 23.1 Å². The molecule has 0 unspecified atom stereocenters. The molecule has 1 aliphatic heterocycles. The van der Waals surface area contributed by atoms with Crippen LogP contribution in [0, 0.1) is 17.0 Å². The number of hydrogen-bond acceptors (Lipinski definition) is 5. The minimum Gasteiger partial charge on any atom is -0.312 e. The lowest BCUT2D eigenvalue weighted by Gasteiger charge is -2.19. The predicted molar refractivity (Wildman–Crippen MR) is 96.7 cm³/mol. The van der Waals surface area contributed by atoms with E-state index in [0.29, 0.717) is 18.7 Å². The third kappa shape index (κ3) is 3.52. The Hall–Kier alpha value is -2.94. The number of carbonyl (C=O) groups is 1. The molecule has 0 bridgehead atoms. The molecule has 1 fully saturated rings. The number of nitro benzene ring substituents is 1. The summed E-state index contributed by atoms with van der Waals surface area (Å²) in [6.45, 7) is 2.47.